The highest BCUT2D eigenvalue weighted by atomic mass is 35.5. The van der Waals surface area contributed by atoms with Crippen molar-refractivity contribution >= 4 is 11.6 Å². The van der Waals surface area contributed by atoms with Gasteiger partial charge < -0.3 is 0 Å². The van der Waals surface area contributed by atoms with Gasteiger partial charge in [0.2, 0.25) is 0 Å². The van der Waals surface area contributed by atoms with Crippen LogP contribution in [-0.4, -0.2) is 5.88 Å². The maximum Gasteiger partial charge on any atom is 0.123 e. The summed E-state index contributed by atoms with van der Waals surface area (Å²) >= 11 is 6.16. The summed E-state index contributed by atoms with van der Waals surface area (Å²) in [6.45, 7) is 0. The minimum atomic E-state index is -0.157. The first kappa shape index (κ1) is 13.9. The van der Waals surface area contributed by atoms with E-state index in [1.165, 1.54) is 44.1 Å². The molecule has 18 heavy (non-hydrogen) atoms. The average molecular weight is 269 g/mol. The van der Waals surface area contributed by atoms with E-state index in [0.29, 0.717) is 5.92 Å². The van der Waals surface area contributed by atoms with E-state index < -0.39 is 0 Å². The SMILES string of the molecule is Fc1ccc(CC(CCl)C2CCCCCC2)cc1. The Morgan fingerprint density at radius 1 is 1.06 bits per heavy atom. The third-order valence-electron chi connectivity index (χ3n) is 4.18. The molecule has 1 aliphatic rings. The molecule has 0 amide bonds. The van der Waals surface area contributed by atoms with E-state index >= 15 is 0 Å². The molecular weight excluding hydrogens is 247 g/mol. The molecule has 0 saturated heterocycles. The Morgan fingerprint density at radius 3 is 2.22 bits per heavy atom. The lowest BCUT2D eigenvalue weighted by Gasteiger charge is -2.24. The van der Waals surface area contributed by atoms with Gasteiger partial charge in [-0.25, -0.2) is 4.39 Å². The lowest BCUT2D eigenvalue weighted by atomic mass is 9.83. The molecule has 0 aromatic heterocycles. The van der Waals surface area contributed by atoms with Gasteiger partial charge in [0.15, 0.2) is 0 Å². The van der Waals surface area contributed by atoms with Gasteiger partial charge in [-0.05, 0) is 36.0 Å². The first-order valence-corrected chi connectivity index (χ1v) is 7.63. The first-order chi connectivity index (χ1) is 8.79. The van der Waals surface area contributed by atoms with Crippen LogP contribution in [0.1, 0.15) is 44.1 Å². The van der Waals surface area contributed by atoms with Crippen molar-refractivity contribution in [3.63, 3.8) is 0 Å². The summed E-state index contributed by atoms with van der Waals surface area (Å²) in [6.07, 6.45) is 9.08. The van der Waals surface area contributed by atoms with Crippen LogP contribution >= 0.6 is 11.6 Å². The third kappa shape index (κ3) is 3.98. The first-order valence-electron chi connectivity index (χ1n) is 7.10. The topological polar surface area (TPSA) is 0 Å². The lowest BCUT2D eigenvalue weighted by Crippen LogP contribution is -2.18. The van der Waals surface area contributed by atoms with E-state index in [-0.39, 0.29) is 5.82 Å². The maximum absolute atomic E-state index is 12.9. The quantitative estimate of drug-likeness (QED) is 0.520. The molecule has 1 saturated carbocycles. The summed E-state index contributed by atoms with van der Waals surface area (Å²) < 4.78 is 12.9. The summed E-state index contributed by atoms with van der Waals surface area (Å²) in [4.78, 5) is 0. The minimum absolute atomic E-state index is 0.157. The third-order valence-corrected chi connectivity index (χ3v) is 4.57. The molecule has 1 aromatic carbocycles. The molecule has 0 bridgehead atoms. The van der Waals surface area contributed by atoms with Gasteiger partial charge in [0, 0.05) is 5.88 Å². The van der Waals surface area contributed by atoms with Crippen molar-refractivity contribution in [2.45, 2.75) is 44.9 Å². The van der Waals surface area contributed by atoms with Crippen LogP contribution in [0.4, 0.5) is 4.39 Å². The summed E-state index contributed by atoms with van der Waals surface area (Å²) in [5, 5.41) is 0. The van der Waals surface area contributed by atoms with Crippen LogP contribution in [0.3, 0.4) is 0 Å². The zero-order chi connectivity index (χ0) is 12.8. The molecule has 100 valence electrons. The van der Waals surface area contributed by atoms with Gasteiger partial charge in [-0.15, -0.1) is 11.6 Å². The molecule has 1 unspecified atom stereocenters. The van der Waals surface area contributed by atoms with Crippen LogP contribution in [0, 0.1) is 17.7 Å². The summed E-state index contributed by atoms with van der Waals surface area (Å²) in [7, 11) is 0. The van der Waals surface area contributed by atoms with Crippen molar-refractivity contribution in [3.05, 3.63) is 35.6 Å². The standard InChI is InChI=1S/C16H22ClF/c17-12-15(14-5-3-1-2-4-6-14)11-13-7-9-16(18)10-8-13/h7-10,14-15H,1-6,11-12H2. The molecule has 1 aliphatic carbocycles. The van der Waals surface area contributed by atoms with Gasteiger partial charge in [0.1, 0.15) is 5.82 Å². The second-order valence-electron chi connectivity index (χ2n) is 5.50. The van der Waals surface area contributed by atoms with E-state index in [1.54, 1.807) is 12.1 Å². The number of rotatable bonds is 4. The molecule has 0 N–H and O–H groups in total. The van der Waals surface area contributed by atoms with Gasteiger partial charge in [-0.1, -0.05) is 50.7 Å². The molecule has 0 heterocycles. The van der Waals surface area contributed by atoms with Crippen molar-refractivity contribution < 1.29 is 4.39 Å². The molecule has 0 spiro atoms. The van der Waals surface area contributed by atoms with E-state index in [1.807, 2.05) is 12.1 Å². The van der Waals surface area contributed by atoms with Crippen LogP contribution in [0.5, 0.6) is 0 Å². The molecule has 0 radical (unpaired) electrons. The fourth-order valence-electron chi connectivity index (χ4n) is 3.05. The zero-order valence-corrected chi connectivity index (χ0v) is 11.6. The number of halogens is 2. The Balaban J connectivity index is 1.97. The van der Waals surface area contributed by atoms with E-state index in [4.69, 9.17) is 11.6 Å². The van der Waals surface area contributed by atoms with Gasteiger partial charge in [0.05, 0.1) is 0 Å². The number of hydrogen-bond acceptors (Lipinski definition) is 0. The average Bonchev–Trinajstić information content (AvgIpc) is 2.67. The largest absolute Gasteiger partial charge is 0.207 e. The van der Waals surface area contributed by atoms with Crippen molar-refractivity contribution in [1.29, 1.82) is 0 Å². The predicted molar refractivity (Wildman–Crippen MR) is 75.5 cm³/mol. The summed E-state index contributed by atoms with van der Waals surface area (Å²) in [5.41, 5.74) is 1.21. The predicted octanol–water partition coefficient (Wildman–Crippen LogP) is 5.19. The van der Waals surface area contributed by atoms with Crippen molar-refractivity contribution in [2.24, 2.45) is 11.8 Å². The lowest BCUT2D eigenvalue weighted by molar-refractivity contribution is 0.321. The fraction of sp³-hybridized carbons (Fsp3) is 0.625. The molecule has 1 atom stereocenters. The molecule has 2 heteroatoms. The molecule has 1 fully saturated rings. The zero-order valence-electron chi connectivity index (χ0n) is 10.9. The monoisotopic (exact) mass is 268 g/mol. The normalized spacial score (nSPS) is 19.4. The second kappa shape index (κ2) is 7.13. The number of alkyl halides is 1. The summed E-state index contributed by atoms with van der Waals surface area (Å²) in [5.74, 6) is 1.88. The van der Waals surface area contributed by atoms with E-state index in [0.717, 1.165) is 18.2 Å². The van der Waals surface area contributed by atoms with Gasteiger partial charge in [-0.3, -0.25) is 0 Å². The van der Waals surface area contributed by atoms with E-state index in [2.05, 4.69) is 0 Å². The summed E-state index contributed by atoms with van der Waals surface area (Å²) in [6, 6.07) is 6.89. The smallest absolute Gasteiger partial charge is 0.123 e. The Kier molecular flexibility index (Phi) is 5.49. The van der Waals surface area contributed by atoms with Crippen LogP contribution in [-0.2, 0) is 6.42 Å². The Morgan fingerprint density at radius 2 is 1.67 bits per heavy atom. The minimum Gasteiger partial charge on any atom is -0.207 e. The van der Waals surface area contributed by atoms with Crippen LogP contribution < -0.4 is 0 Å². The maximum atomic E-state index is 12.9. The molecule has 0 aliphatic heterocycles. The van der Waals surface area contributed by atoms with Crippen LogP contribution in [0.25, 0.3) is 0 Å². The number of hydrogen-bond donors (Lipinski definition) is 0. The molecule has 1 aromatic rings. The molecule has 2 rings (SSSR count). The Labute approximate surface area is 115 Å². The van der Waals surface area contributed by atoms with Gasteiger partial charge in [0.25, 0.3) is 0 Å². The fourth-order valence-corrected chi connectivity index (χ4v) is 3.41. The van der Waals surface area contributed by atoms with Gasteiger partial charge >= 0.3 is 0 Å². The highest BCUT2D eigenvalue weighted by Gasteiger charge is 2.22. The van der Waals surface area contributed by atoms with Crippen molar-refractivity contribution in [3.8, 4) is 0 Å². The van der Waals surface area contributed by atoms with Crippen molar-refractivity contribution in [2.75, 3.05) is 5.88 Å². The van der Waals surface area contributed by atoms with E-state index in [9.17, 15) is 4.39 Å². The van der Waals surface area contributed by atoms with Gasteiger partial charge in [-0.2, -0.15) is 0 Å². The highest BCUT2D eigenvalue weighted by molar-refractivity contribution is 6.18. The Bertz CT molecular complexity index is 339. The second-order valence-corrected chi connectivity index (χ2v) is 5.81. The number of benzene rings is 1. The van der Waals surface area contributed by atoms with Crippen LogP contribution in [0.15, 0.2) is 24.3 Å². The molecule has 0 nitrogen and oxygen atoms in total. The highest BCUT2D eigenvalue weighted by Crippen LogP contribution is 2.31. The van der Waals surface area contributed by atoms with Crippen molar-refractivity contribution in [1.82, 2.24) is 0 Å². The Hall–Kier alpha value is -0.560. The van der Waals surface area contributed by atoms with Crippen LogP contribution in [0.2, 0.25) is 0 Å². The molecular formula is C16H22ClF.